The van der Waals surface area contributed by atoms with Crippen molar-refractivity contribution in [2.75, 3.05) is 13.3 Å². The largest absolute Gasteiger partial charge is 0.391 e. The third-order valence-electron chi connectivity index (χ3n) is 1.34. The van der Waals surface area contributed by atoms with Crippen LogP contribution in [-0.4, -0.2) is 28.3 Å². The van der Waals surface area contributed by atoms with Crippen LogP contribution in [0.1, 0.15) is 0 Å². The molecule has 3 aromatic heterocycles. The van der Waals surface area contributed by atoms with Gasteiger partial charge in [-0.1, -0.05) is 6.08 Å². The lowest BCUT2D eigenvalue weighted by Gasteiger charge is -1.98. The van der Waals surface area contributed by atoms with E-state index in [1.54, 1.807) is 6.08 Å². The Morgan fingerprint density at radius 1 is 1.54 bits per heavy atom. The number of nitrogens with one attached hydrogen (secondary N) is 1. The van der Waals surface area contributed by atoms with Crippen molar-refractivity contribution in [3.05, 3.63) is 18.3 Å². The van der Waals surface area contributed by atoms with E-state index in [0.29, 0.717) is 23.9 Å². The standard InChI is InChI=1S/C7H8N4O2/c1-2-3-12-4-8-5-9-6-11-7(10-5)13-6/h2H,1,3-4H2,(H,8,9,10,11). The molecule has 0 spiro atoms. The Labute approximate surface area is 73.3 Å². The summed E-state index contributed by atoms with van der Waals surface area (Å²) in [5.74, 6) is 0.875. The third kappa shape index (κ3) is 1.73. The molecule has 6 nitrogen and oxygen atoms in total. The number of aromatic nitrogens is 3. The Hall–Kier alpha value is -1.69. The first kappa shape index (κ1) is 7.93. The minimum absolute atomic E-state index is 0.231. The van der Waals surface area contributed by atoms with Gasteiger partial charge in [-0.3, -0.25) is 4.98 Å². The number of hydrogen-bond donors (Lipinski definition) is 1. The fourth-order valence-corrected chi connectivity index (χ4v) is 0.806. The van der Waals surface area contributed by atoms with Crippen LogP contribution < -0.4 is 5.62 Å². The van der Waals surface area contributed by atoms with Crippen LogP contribution in [0.2, 0.25) is 0 Å². The second-order valence-electron chi connectivity index (χ2n) is 2.31. The lowest BCUT2D eigenvalue weighted by molar-refractivity contribution is 0.168. The van der Waals surface area contributed by atoms with E-state index in [-0.39, 0.29) is 6.73 Å². The van der Waals surface area contributed by atoms with Gasteiger partial charge in [0, 0.05) is 0 Å². The van der Waals surface area contributed by atoms with E-state index in [1.807, 2.05) is 0 Å². The van der Waals surface area contributed by atoms with Gasteiger partial charge in [-0.2, -0.15) is 9.97 Å². The van der Waals surface area contributed by atoms with Crippen molar-refractivity contribution in [2.24, 2.45) is 4.99 Å². The molecule has 2 bridgehead atoms. The quantitative estimate of drug-likeness (QED) is 0.532. The van der Waals surface area contributed by atoms with Gasteiger partial charge < -0.3 is 9.15 Å². The van der Waals surface area contributed by atoms with Crippen LogP contribution in [0.5, 0.6) is 0 Å². The van der Waals surface area contributed by atoms with Crippen LogP contribution >= 0.6 is 0 Å². The van der Waals surface area contributed by atoms with Gasteiger partial charge in [0.05, 0.1) is 6.61 Å². The van der Waals surface area contributed by atoms with Crippen LogP contribution in [0.3, 0.4) is 0 Å². The minimum Gasteiger partial charge on any atom is -0.391 e. The third-order valence-corrected chi connectivity index (χ3v) is 1.34. The van der Waals surface area contributed by atoms with E-state index >= 15 is 0 Å². The summed E-state index contributed by atoms with van der Waals surface area (Å²) in [6, 6.07) is 0. The molecule has 0 atom stereocenters. The lowest BCUT2D eigenvalue weighted by atomic mass is 10.7. The van der Waals surface area contributed by atoms with Crippen molar-refractivity contribution < 1.29 is 9.15 Å². The molecule has 3 aromatic rings. The van der Waals surface area contributed by atoms with Crippen molar-refractivity contribution in [1.82, 2.24) is 15.0 Å². The second kappa shape index (κ2) is 3.36. The summed E-state index contributed by atoms with van der Waals surface area (Å²) in [4.78, 5) is 14.5. The van der Waals surface area contributed by atoms with E-state index in [4.69, 9.17) is 9.15 Å². The maximum absolute atomic E-state index is 5.03. The lowest BCUT2D eigenvalue weighted by Crippen LogP contribution is -2.17. The summed E-state index contributed by atoms with van der Waals surface area (Å²) in [5.41, 5.74) is 0.374. The molecule has 0 amide bonds. The molecule has 68 valence electrons. The first-order chi connectivity index (χ1) is 6.38. The SMILES string of the molecule is C=CCOCN=c1nc2[nH]c(n1)o2. The van der Waals surface area contributed by atoms with Crippen molar-refractivity contribution in [2.45, 2.75) is 0 Å². The van der Waals surface area contributed by atoms with Crippen LogP contribution in [0.4, 0.5) is 0 Å². The maximum atomic E-state index is 5.03. The predicted molar refractivity (Wildman–Crippen MR) is 43.9 cm³/mol. The first-order valence-electron chi connectivity index (χ1n) is 3.74. The second-order valence-corrected chi connectivity index (χ2v) is 2.31. The highest BCUT2D eigenvalue weighted by atomic mass is 16.5. The van der Waals surface area contributed by atoms with Gasteiger partial charge in [0.2, 0.25) is 0 Å². The zero-order valence-electron chi connectivity index (χ0n) is 6.86. The van der Waals surface area contributed by atoms with Gasteiger partial charge in [0.1, 0.15) is 6.73 Å². The van der Waals surface area contributed by atoms with E-state index < -0.39 is 0 Å². The summed E-state index contributed by atoms with van der Waals surface area (Å²) >= 11 is 0. The number of aromatic amines is 1. The Bertz CT molecular complexity index is 401. The zero-order chi connectivity index (χ0) is 9.10. The van der Waals surface area contributed by atoms with Gasteiger partial charge in [-0.05, 0) is 0 Å². The summed E-state index contributed by atoms with van der Waals surface area (Å²) in [7, 11) is 0. The summed E-state index contributed by atoms with van der Waals surface area (Å²) in [6.07, 6.45) is 1.65. The molecular formula is C7H8N4O2. The fraction of sp³-hybridized carbons (Fsp3) is 0.286. The molecule has 3 rings (SSSR count). The van der Waals surface area contributed by atoms with Gasteiger partial charge in [-0.15, -0.1) is 6.58 Å². The number of rotatable bonds is 4. The molecule has 3 heterocycles. The highest BCUT2D eigenvalue weighted by Crippen LogP contribution is 1.99. The van der Waals surface area contributed by atoms with Crippen molar-refractivity contribution >= 4 is 11.7 Å². The molecule has 13 heavy (non-hydrogen) atoms. The molecule has 0 aliphatic rings. The van der Waals surface area contributed by atoms with Crippen LogP contribution in [0.15, 0.2) is 22.1 Å². The first-order valence-corrected chi connectivity index (χ1v) is 3.74. The summed E-state index contributed by atoms with van der Waals surface area (Å²) in [5, 5.41) is 0. The molecule has 0 unspecified atom stereocenters. The van der Waals surface area contributed by atoms with Gasteiger partial charge in [0.15, 0.2) is 0 Å². The highest BCUT2D eigenvalue weighted by Gasteiger charge is 2.01. The van der Waals surface area contributed by atoms with Gasteiger partial charge >= 0.3 is 11.7 Å². The van der Waals surface area contributed by atoms with E-state index in [2.05, 4.69) is 26.5 Å². The number of ether oxygens (including phenoxy) is 1. The Balaban J connectivity index is 2.01. The van der Waals surface area contributed by atoms with Crippen LogP contribution in [-0.2, 0) is 4.74 Å². The molecule has 1 N–H and O–H groups in total. The number of fused-ring (bicyclic) bond motifs is 2. The van der Waals surface area contributed by atoms with Gasteiger partial charge in [-0.25, -0.2) is 4.99 Å². The smallest absolute Gasteiger partial charge is 0.309 e. The van der Waals surface area contributed by atoms with Crippen LogP contribution in [0.25, 0.3) is 11.7 Å². The van der Waals surface area contributed by atoms with Crippen molar-refractivity contribution in [1.29, 1.82) is 0 Å². The number of nitrogens with zero attached hydrogens (tertiary/aromatic N) is 3. The monoisotopic (exact) mass is 180 g/mol. The molecule has 6 heteroatoms. The topological polar surface area (TPSA) is 76.3 Å². The maximum Gasteiger partial charge on any atom is 0.309 e. The van der Waals surface area contributed by atoms with E-state index in [1.165, 1.54) is 0 Å². The van der Waals surface area contributed by atoms with Crippen LogP contribution in [0, 0.1) is 0 Å². The minimum atomic E-state index is 0.231. The molecule has 0 radical (unpaired) electrons. The molecule has 0 saturated heterocycles. The molecular weight excluding hydrogens is 172 g/mol. The molecule has 0 aromatic carbocycles. The normalized spacial score (nSPS) is 10.8. The zero-order valence-corrected chi connectivity index (χ0v) is 6.86. The van der Waals surface area contributed by atoms with Crippen molar-refractivity contribution in [3.63, 3.8) is 0 Å². The average molecular weight is 180 g/mol. The molecule has 0 fully saturated rings. The number of hydrogen-bond acceptors (Lipinski definition) is 5. The summed E-state index contributed by atoms with van der Waals surface area (Å²) in [6.45, 7) is 4.21. The predicted octanol–water partition coefficient (Wildman–Crippen LogP) is 0.0495. The average Bonchev–Trinajstić information content (AvgIpc) is 2.12. The highest BCUT2D eigenvalue weighted by molar-refractivity contribution is 5.35. The Morgan fingerprint density at radius 3 is 2.85 bits per heavy atom. The Morgan fingerprint density at radius 2 is 2.23 bits per heavy atom. The molecule has 0 aliphatic carbocycles. The molecule has 0 saturated carbocycles. The van der Waals surface area contributed by atoms with Gasteiger partial charge in [0.25, 0.3) is 5.62 Å². The summed E-state index contributed by atoms with van der Waals surface area (Å²) < 4.78 is 9.91. The number of H-pyrrole nitrogens is 1. The Kier molecular flexibility index (Phi) is 2.05. The fourth-order valence-electron chi connectivity index (χ4n) is 0.806. The van der Waals surface area contributed by atoms with E-state index in [0.717, 1.165) is 0 Å². The van der Waals surface area contributed by atoms with E-state index in [9.17, 15) is 0 Å². The van der Waals surface area contributed by atoms with Crippen molar-refractivity contribution in [3.8, 4) is 0 Å². The molecule has 0 aliphatic heterocycles.